The van der Waals surface area contributed by atoms with Crippen molar-refractivity contribution in [2.45, 2.75) is 38.8 Å². The van der Waals surface area contributed by atoms with Crippen LogP contribution in [0.5, 0.6) is 0 Å². The number of halogens is 3. The summed E-state index contributed by atoms with van der Waals surface area (Å²) in [5, 5.41) is 3.04. The molecule has 3 atom stereocenters. The zero-order valence-corrected chi connectivity index (χ0v) is 11.6. The van der Waals surface area contributed by atoms with Gasteiger partial charge in [0, 0.05) is 24.0 Å². The summed E-state index contributed by atoms with van der Waals surface area (Å²) >= 11 is 0. The third-order valence-electron chi connectivity index (χ3n) is 4.68. The van der Waals surface area contributed by atoms with E-state index in [1.165, 1.54) is 6.07 Å². The monoisotopic (exact) mass is 285 g/mol. The second-order valence-electron chi connectivity index (χ2n) is 6.26. The molecular weight excluding hydrogens is 267 g/mol. The molecule has 0 radical (unpaired) electrons. The van der Waals surface area contributed by atoms with Gasteiger partial charge in [0.25, 0.3) is 0 Å². The first-order valence-corrected chi connectivity index (χ1v) is 6.94. The molecule has 0 spiro atoms. The van der Waals surface area contributed by atoms with Gasteiger partial charge in [-0.25, -0.2) is 13.2 Å². The summed E-state index contributed by atoms with van der Waals surface area (Å²) in [6.07, 6.45) is 2.15. The zero-order valence-electron chi connectivity index (χ0n) is 11.6. The first kappa shape index (κ1) is 13.7. The fourth-order valence-electron chi connectivity index (χ4n) is 3.62. The molecule has 3 unspecified atom stereocenters. The normalized spacial score (nSPS) is 31.4. The maximum absolute atomic E-state index is 13.8. The number of hydrogen-bond acceptors (Lipinski definition) is 2. The van der Waals surface area contributed by atoms with Crippen LogP contribution in [0.15, 0.2) is 12.1 Å². The molecule has 5 heteroatoms. The highest BCUT2D eigenvalue weighted by atomic mass is 19.2. The van der Waals surface area contributed by atoms with Crippen molar-refractivity contribution in [2.75, 3.05) is 11.9 Å². The SMILES string of the molecule is CC1(C)C(Nc2ccc(F)c(F)c2F)C2CCCOC21. The van der Waals surface area contributed by atoms with Crippen LogP contribution in [-0.4, -0.2) is 18.8 Å². The number of ether oxygens (including phenoxy) is 1. The minimum absolute atomic E-state index is 0.00663. The minimum Gasteiger partial charge on any atom is -0.379 e. The highest BCUT2D eigenvalue weighted by Gasteiger charge is 2.58. The van der Waals surface area contributed by atoms with E-state index in [-0.39, 0.29) is 23.2 Å². The van der Waals surface area contributed by atoms with E-state index in [0.717, 1.165) is 25.5 Å². The molecule has 1 aromatic carbocycles. The molecular formula is C15H18F3NO. The molecule has 1 aliphatic carbocycles. The molecule has 1 saturated carbocycles. The molecule has 1 aliphatic heterocycles. The van der Waals surface area contributed by atoms with Gasteiger partial charge >= 0.3 is 0 Å². The van der Waals surface area contributed by atoms with E-state index < -0.39 is 17.5 Å². The number of nitrogens with one attached hydrogen (secondary N) is 1. The molecule has 1 N–H and O–H groups in total. The Kier molecular flexibility index (Phi) is 3.20. The smallest absolute Gasteiger partial charge is 0.196 e. The lowest BCUT2D eigenvalue weighted by molar-refractivity contribution is -0.177. The molecule has 110 valence electrons. The van der Waals surface area contributed by atoms with Crippen molar-refractivity contribution in [2.24, 2.45) is 11.3 Å². The molecule has 0 amide bonds. The van der Waals surface area contributed by atoms with Crippen molar-refractivity contribution in [3.63, 3.8) is 0 Å². The Hall–Kier alpha value is -1.23. The number of fused-ring (bicyclic) bond motifs is 1. The Morgan fingerprint density at radius 1 is 1.20 bits per heavy atom. The van der Waals surface area contributed by atoms with Crippen LogP contribution >= 0.6 is 0 Å². The predicted octanol–water partition coefficient (Wildman–Crippen LogP) is 3.72. The van der Waals surface area contributed by atoms with Crippen molar-refractivity contribution in [3.05, 3.63) is 29.6 Å². The van der Waals surface area contributed by atoms with E-state index in [1.807, 2.05) is 0 Å². The molecule has 2 nitrogen and oxygen atoms in total. The Bertz CT molecular complexity index is 532. The number of anilines is 1. The van der Waals surface area contributed by atoms with Gasteiger partial charge in [0.15, 0.2) is 17.5 Å². The van der Waals surface area contributed by atoms with Gasteiger partial charge in [0.1, 0.15) is 0 Å². The molecule has 20 heavy (non-hydrogen) atoms. The minimum atomic E-state index is -1.43. The Morgan fingerprint density at radius 2 is 1.95 bits per heavy atom. The lowest BCUT2D eigenvalue weighted by atomic mass is 9.55. The number of hydrogen-bond donors (Lipinski definition) is 1. The molecule has 1 saturated heterocycles. The summed E-state index contributed by atoms with van der Waals surface area (Å²) < 4.78 is 45.7. The summed E-state index contributed by atoms with van der Waals surface area (Å²) in [5.74, 6) is -3.45. The van der Waals surface area contributed by atoms with E-state index in [0.29, 0.717) is 5.92 Å². The van der Waals surface area contributed by atoms with Crippen molar-refractivity contribution in [3.8, 4) is 0 Å². The summed E-state index contributed by atoms with van der Waals surface area (Å²) in [6, 6.07) is 2.20. The Balaban J connectivity index is 1.83. The zero-order chi connectivity index (χ0) is 14.5. The Morgan fingerprint density at radius 3 is 2.70 bits per heavy atom. The van der Waals surface area contributed by atoms with Crippen LogP contribution in [0.1, 0.15) is 26.7 Å². The van der Waals surface area contributed by atoms with Crippen LogP contribution in [0.3, 0.4) is 0 Å². The van der Waals surface area contributed by atoms with Gasteiger partial charge < -0.3 is 10.1 Å². The van der Waals surface area contributed by atoms with E-state index in [4.69, 9.17) is 4.74 Å². The fraction of sp³-hybridized carbons (Fsp3) is 0.600. The lowest BCUT2D eigenvalue weighted by Crippen LogP contribution is -2.67. The summed E-state index contributed by atoms with van der Waals surface area (Å²) in [5.41, 5.74) is -0.131. The van der Waals surface area contributed by atoms with E-state index in [1.54, 1.807) is 0 Å². The quantitative estimate of drug-likeness (QED) is 0.836. The van der Waals surface area contributed by atoms with Crippen LogP contribution < -0.4 is 5.32 Å². The molecule has 1 heterocycles. The predicted molar refractivity (Wildman–Crippen MR) is 70.0 cm³/mol. The molecule has 2 aliphatic rings. The van der Waals surface area contributed by atoms with E-state index in [2.05, 4.69) is 19.2 Å². The lowest BCUT2D eigenvalue weighted by Gasteiger charge is -2.60. The van der Waals surface area contributed by atoms with Gasteiger partial charge in [0.2, 0.25) is 0 Å². The van der Waals surface area contributed by atoms with E-state index in [9.17, 15) is 13.2 Å². The average molecular weight is 285 g/mol. The third kappa shape index (κ3) is 1.91. The molecule has 3 rings (SSSR count). The second kappa shape index (κ2) is 4.65. The maximum Gasteiger partial charge on any atom is 0.196 e. The number of rotatable bonds is 2. The largest absolute Gasteiger partial charge is 0.379 e. The number of benzene rings is 1. The first-order chi connectivity index (χ1) is 9.43. The van der Waals surface area contributed by atoms with E-state index >= 15 is 0 Å². The maximum atomic E-state index is 13.8. The average Bonchev–Trinajstić information content (AvgIpc) is 2.44. The van der Waals surface area contributed by atoms with Crippen LogP contribution in [0.2, 0.25) is 0 Å². The van der Waals surface area contributed by atoms with Gasteiger partial charge in [0.05, 0.1) is 11.8 Å². The van der Waals surface area contributed by atoms with Gasteiger partial charge in [-0.1, -0.05) is 13.8 Å². The molecule has 1 aromatic rings. The molecule has 0 bridgehead atoms. The van der Waals surface area contributed by atoms with Crippen molar-refractivity contribution < 1.29 is 17.9 Å². The van der Waals surface area contributed by atoms with Crippen LogP contribution in [0, 0.1) is 28.8 Å². The van der Waals surface area contributed by atoms with Crippen LogP contribution in [-0.2, 0) is 4.74 Å². The topological polar surface area (TPSA) is 21.3 Å². The van der Waals surface area contributed by atoms with Crippen LogP contribution in [0.4, 0.5) is 18.9 Å². The highest BCUT2D eigenvalue weighted by Crippen LogP contribution is 2.52. The van der Waals surface area contributed by atoms with Gasteiger partial charge in [-0.05, 0) is 25.0 Å². The third-order valence-corrected chi connectivity index (χ3v) is 4.68. The summed E-state index contributed by atoms with van der Waals surface area (Å²) in [7, 11) is 0. The highest BCUT2D eigenvalue weighted by molar-refractivity contribution is 5.48. The van der Waals surface area contributed by atoms with Gasteiger partial charge in [-0.3, -0.25) is 0 Å². The second-order valence-corrected chi connectivity index (χ2v) is 6.26. The summed E-state index contributed by atoms with van der Waals surface area (Å²) in [4.78, 5) is 0. The van der Waals surface area contributed by atoms with Crippen molar-refractivity contribution in [1.29, 1.82) is 0 Å². The fourth-order valence-corrected chi connectivity index (χ4v) is 3.62. The Labute approximate surface area is 116 Å². The standard InChI is InChI=1S/C15H18F3NO/c1-15(2)13(8-4-3-7-20-14(8)15)19-10-6-5-9(16)11(17)12(10)18/h5-6,8,13-14,19H,3-4,7H2,1-2H3. The first-order valence-electron chi connectivity index (χ1n) is 6.94. The van der Waals surface area contributed by atoms with Gasteiger partial charge in [-0.2, -0.15) is 0 Å². The molecule has 2 fully saturated rings. The summed E-state index contributed by atoms with van der Waals surface area (Å²) in [6.45, 7) is 4.86. The van der Waals surface area contributed by atoms with Crippen molar-refractivity contribution >= 4 is 5.69 Å². The van der Waals surface area contributed by atoms with Crippen molar-refractivity contribution in [1.82, 2.24) is 0 Å². The van der Waals surface area contributed by atoms with Crippen LogP contribution in [0.25, 0.3) is 0 Å². The van der Waals surface area contributed by atoms with Gasteiger partial charge in [-0.15, -0.1) is 0 Å². The molecule has 0 aromatic heterocycles.